The van der Waals surface area contributed by atoms with E-state index in [0.717, 1.165) is 11.3 Å². The lowest BCUT2D eigenvalue weighted by Gasteiger charge is -2.43. The highest BCUT2D eigenvalue weighted by atomic mass is 16.5. The number of benzene rings is 1. The molecule has 3 rings (SSSR count). The number of carbonyl (C=O) groups excluding carboxylic acids is 4. The minimum atomic E-state index is -0.957. The molecule has 1 heterocycles. The first-order valence-electron chi connectivity index (χ1n) is 11.3. The largest absolute Gasteiger partial charge is 0.497 e. The monoisotopic (exact) mass is 458 g/mol. The predicted molar refractivity (Wildman–Crippen MR) is 124 cm³/mol. The number of urea groups is 1. The lowest BCUT2D eigenvalue weighted by molar-refractivity contribution is -0.141. The maximum Gasteiger partial charge on any atom is 0.325 e. The van der Waals surface area contributed by atoms with Crippen molar-refractivity contribution in [3.63, 3.8) is 0 Å². The third-order valence-electron chi connectivity index (χ3n) is 6.36. The molecule has 1 spiro atoms. The van der Waals surface area contributed by atoms with Gasteiger partial charge in [0.25, 0.3) is 5.91 Å². The van der Waals surface area contributed by atoms with Gasteiger partial charge in [-0.3, -0.25) is 19.3 Å². The minimum absolute atomic E-state index is 0.0877. The van der Waals surface area contributed by atoms with Crippen LogP contribution in [0.2, 0.25) is 0 Å². The summed E-state index contributed by atoms with van der Waals surface area (Å²) in [4.78, 5) is 53.6. The molecule has 2 N–H and O–H groups in total. The van der Waals surface area contributed by atoms with Crippen LogP contribution in [0.25, 0.3) is 0 Å². The van der Waals surface area contributed by atoms with Crippen molar-refractivity contribution in [2.24, 2.45) is 11.3 Å². The van der Waals surface area contributed by atoms with Crippen molar-refractivity contribution >= 4 is 29.4 Å². The van der Waals surface area contributed by atoms with Gasteiger partial charge in [0.15, 0.2) is 0 Å². The third kappa shape index (κ3) is 5.46. The summed E-state index contributed by atoms with van der Waals surface area (Å²) in [6, 6.07) is 6.30. The standard InChI is InChI=1S/C24H34N4O5/c1-6-27(13-19(29)25-17-7-9-18(33-5)10-8-17)20(30)14-28-21(31)24(26-22(28)32)12-16(2)11-23(3,4)15-24/h7-10,16H,6,11-15H2,1-5H3,(H,25,29)(H,26,32)/t16-,24-/m1/s1. The van der Waals surface area contributed by atoms with Crippen LogP contribution in [0.1, 0.15) is 47.0 Å². The third-order valence-corrected chi connectivity index (χ3v) is 6.36. The maximum atomic E-state index is 13.3. The fourth-order valence-corrected chi connectivity index (χ4v) is 5.31. The summed E-state index contributed by atoms with van der Waals surface area (Å²) < 4.78 is 5.10. The molecule has 1 aromatic carbocycles. The Hall–Kier alpha value is -3.10. The van der Waals surface area contributed by atoms with Crippen LogP contribution in [0.4, 0.5) is 10.5 Å². The molecule has 9 heteroatoms. The van der Waals surface area contributed by atoms with Crippen LogP contribution < -0.4 is 15.4 Å². The van der Waals surface area contributed by atoms with E-state index in [2.05, 4.69) is 31.4 Å². The first-order valence-corrected chi connectivity index (χ1v) is 11.3. The molecule has 2 aliphatic rings. The van der Waals surface area contributed by atoms with Crippen molar-refractivity contribution in [3.05, 3.63) is 24.3 Å². The Morgan fingerprint density at radius 1 is 1.21 bits per heavy atom. The number of methoxy groups -OCH3 is 1. The SMILES string of the molecule is CCN(CC(=O)Nc1ccc(OC)cc1)C(=O)CN1C(=O)N[C@@]2(C[C@H](C)CC(C)(C)C2)C1=O. The van der Waals surface area contributed by atoms with Gasteiger partial charge in [0, 0.05) is 12.2 Å². The van der Waals surface area contributed by atoms with E-state index >= 15 is 0 Å². The average molecular weight is 459 g/mol. The smallest absolute Gasteiger partial charge is 0.325 e. The summed E-state index contributed by atoms with van der Waals surface area (Å²) in [5, 5.41) is 5.61. The van der Waals surface area contributed by atoms with Gasteiger partial charge in [0.05, 0.1) is 13.7 Å². The van der Waals surface area contributed by atoms with E-state index < -0.39 is 17.5 Å². The second-order valence-corrected chi connectivity index (χ2v) is 9.94. The molecular weight excluding hydrogens is 424 g/mol. The van der Waals surface area contributed by atoms with Crippen molar-refractivity contribution in [1.29, 1.82) is 0 Å². The van der Waals surface area contributed by atoms with E-state index in [0.29, 0.717) is 24.3 Å². The van der Waals surface area contributed by atoms with E-state index in [9.17, 15) is 19.2 Å². The fraction of sp³-hybridized carbons (Fsp3) is 0.583. The van der Waals surface area contributed by atoms with Crippen molar-refractivity contribution in [1.82, 2.24) is 15.1 Å². The number of likely N-dealkylation sites (N-methyl/N-ethyl adjacent to an activating group) is 1. The molecule has 2 atom stereocenters. The molecule has 33 heavy (non-hydrogen) atoms. The Labute approximate surface area is 194 Å². The van der Waals surface area contributed by atoms with Crippen LogP contribution in [-0.2, 0) is 14.4 Å². The highest BCUT2D eigenvalue weighted by Crippen LogP contribution is 2.46. The molecule has 180 valence electrons. The number of imide groups is 1. The minimum Gasteiger partial charge on any atom is -0.497 e. The van der Waals surface area contributed by atoms with Gasteiger partial charge in [-0.2, -0.15) is 0 Å². The number of rotatable bonds is 7. The highest BCUT2D eigenvalue weighted by Gasteiger charge is 2.56. The van der Waals surface area contributed by atoms with Crippen LogP contribution in [0.5, 0.6) is 5.75 Å². The molecule has 5 amide bonds. The first-order chi connectivity index (χ1) is 15.5. The van der Waals surface area contributed by atoms with Crippen LogP contribution >= 0.6 is 0 Å². The fourth-order valence-electron chi connectivity index (χ4n) is 5.31. The highest BCUT2D eigenvalue weighted by molar-refractivity contribution is 6.09. The molecular formula is C24H34N4O5. The number of nitrogens with one attached hydrogen (secondary N) is 2. The Morgan fingerprint density at radius 2 is 1.88 bits per heavy atom. The van der Waals surface area contributed by atoms with Crippen molar-refractivity contribution in [2.75, 3.05) is 32.1 Å². The van der Waals surface area contributed by atoms with E-state index in [1.54, 1.807) is 38.3 Å². The number of hydrogen-bond acceptors (Lipinski definition) is 5. The Morgan fingerprint density at radius 3 is 2.45 bits per heavy atom. The Bertz CT molecular complexity index is 929. The topological polar surface area (TPSA) is 108 Å². The molecule has 1 aliphatic heterocycles. The zero-order valence-corrected chi connectivity index (χ0v) is 20.1. The lowest BCUT2D eigenvalue weighted by atomic mass is 9.64. The van der Waals surface area contributed by atoms with Crippen LogP contribution in [0.3, 0.4) is 0 Å². The van der Waals surface area contributed by atoms with E-state index in [1.165, 1.54) is 4.90 Å². The number of hydrogen-bond donors (Lipinski definition) is 2. The van der Waals surface area contributed by atoms with Gasteiger partial charge in [0.1, 0.15) is 17.8 Å². The molecule has 2 fully saturated rings. The molecule has 0 unspecified atom stereocenters. The quantitative estimate of drug-likeness (QED) is 0.611. The second kappa shape index (κ2) is 9.41. The van der Waals surface area contributed by atoms with Crippen molar-refractivity contribution in [3.8, 4) is 5.75 Å². The molecule has 0 radical (unpaired) electrons. The molecule has 1 saturated heterocycles. The summed E-state index contributed by atoms with van der Waals surface area (Å²) >= 11 is 0. The average Bonchev–Trinajstić information content (AvgIpc) is 2.94. The molecule has 0 bridgehead atoms. The Balaban J connectivity index is 1.63. The van der Waals surface area contributed by atoms with Gasteiger partial charge in [-0.1, -0.05) is 20.8 Å². The number of anilines is 1. The normalized spacial score (nSPS) is 23.9. The molecule has 1 aromatic rings. The van der Waals surface area contributed by atoms with Gasteiger partial charge in [0.2, 0.25) is 11.8 Å². The van der Waals surface area contributed by atoms with Gasteiger partial charge in [-0.05, 0) is 61.8 Å². The molecule has 1 aliphatic carbocycles. The van der Waals surface area contributed by atoms with Crippen molar-refractivity contribution < 1.29 is 23.9 Å². The van der Waals surface area contributed by atoms with Gasteiger partial charge >= 0.3 is 6.03 Å². The van der Waals surface area contributed by atoms with Crippen LogP contribution in [-0.4, -0.2) is 65.8 Å². The van der Waals surface area contributed by atoms with Crippen molar-refractivity contribution in [2.45, 2.75) is 52.5 Å². The maximum absolute atomic E-state index is 13.3. The molecule has 1 saturated carbocycles. The molecule has 0 aromatic heterocycles. The van der Waals surface area contributed by atoms with Gasteiger partial charge < -0.3 is 20.3 Å². The summed E-state index contributed by atoms with van der Waals surface area (Å²) in [6.45, 7) is 7.72. The zero-order chi connectivity index (χ0) is 24.4. The number of nitrogens with zero attached hydrogens (tertiary/aromatic N) is 2. The van der Waals surface area contributed by atoms with E-state index in [1.807, 2.05) is 0 Å². The van der Waals surface area contributed by atoms with Crippen LogP contribution in [0.15, 0.2) is 24.3 Å². The zero-order valence-electron chi connectivity index (χ0n) is 20.1. The first kappa shape index (κ1) is 24.5. The summed E-state index contributed by atoms with van der Waals surface area (Å²) in [5.41, 5.74) is -0.467. The summed E-state index contributed by atoms with van der Waals surface area (Å²) in [6.07, 6.45) is 2.08. The predicted octanol–water partition coefficient (Wildman–Crippen LogP) is 2.62. The second-order valence-electron chi connectivity index (χ2n) is 9.94. The van der Waals surface area contributed by atoms with Gasteiger partial charge in [-0.25, -0.2) is 4.79 Å². The molecule has 9 nitrogen and oxygen atoms in total. The van der Waals surface area contributed by atoms with Crippen LogP contribution in [0, 0.1) is 11.3 Å². The van der Waals surface area contributed by atoms with E-state index in [-0.39, 0.29) is 42.8 Å². The van der Waals surface area contributed by atoms with Gasteiger partial charge in [-0.15, -0.1) is 0 Å². The van der Waals surface area contributed by atoms with E-state index in [4.69, 9.17) is 4.74 Å². The summed E-state index contributed by atoms with van der Waals surface area (Å²) in [7, 11) is 1.56. The number of carbonyl (C=O) groups is 4. The number of amides is 5. The summed E-state index contributed by atoms with van der Waals surface area (Å²) in [5.74, 6) is -0.222. The number of ether oxygens (including phenoxy) is 1. The Kier molecular flexibility index (Phi) is 7.00. The lowest BCUT2D eigenvalue weighted by Crippen LogP contribution is -2.54.